The van der Waals surface area contributed by atoms with Gasteiger partial charge in [0.15, 0.2) is 0 Å². The maximum Gasteiger partial charge on any atom is 0.261 e. The van der Waals surface area contributed by atoms with E-state index in [0.29, 0.717) is 0 Å². The van der Waals surface area contributed by atoms with Gasteiger partial charge in [-0.15, -0.1) is 0 Å². The molecule has 0 saturated heterocycles. The molecule has 6 heteroatoms. The zero-order valence-corrected chi connectivity index (χ0v) is 11.1. The molecule has 0 aliphatic carbocycles. The molecule has 1 aliphatic heterocycles. The number of hydrogen-bond donors (Lipinski definition) is 1. The molecular formula is C11H10ClNO2S2. The lowest BCUT2D eigenvalue weighted by molar-refractivity contribution is 0.609. The predicted octanol–water partition coefficient (Wildman–Crippen LogP) is 2.71. The number of thioether (sulfide) groups is 1. The van der Waals surface area contributed by atoms with E-state index in [-0.39, 0.29) is 4.90 Å². The van der Waals surface area contributed by atoms with Crippen LogP contribution in [-0.2, 0) is 9.05 Å². The summed E-state index contributed by atoms with van der Waals surface area (Å²) in [6.45, 7) is 0.812. The third kappa shape index (κ3) is 3.52. The number of hydrogen-bond acceptors (Lipinski definition) is 4. The van der Waals surface area contributed by atoms with Crippen molar-refractivity contribution in [3.63, 3.8) is 0 Å². The molecular weight excluding hydrogens is 278 g/mol. The van der Waals surface area contributed by atoms with Gasteiger partial charge in [0, 0.05) is 27.0 Å². The number of halogens is 1. The van der Waals surface area contributed by atoms with Crippen LogP contribution in [-0.4, -0.2) is 15.0 Å². The quantitative estimate of drug-likeness (QED) is 0.869. The van der Waals surface area contributed by atoms with Gasteiger partial charge in [0.1, 0.15) is 0 Å². The first-order chi connectivity index (χ1) is 8.05. The average Bonchev–Trinajstić information content (AvgIpc) is 2.30. The number of benzene rings is 1. The van der Waals surface area contributed by atoms with Gasteiger partial charge in [-0.2, -0.15) is 0 Å². The lowest BCUT2D eigenvalue weighted by Gasteiger charge is -2.08. The van der Waals surface area contributed by atoms with E-state index < -0.39 is 9.05 Å². The van der Waals surface area contributed by atoms with Crippen molar-refractivity contribution in [3.8, 4) is 0 Å². The third-order valence-corrected chi connectivity index (χ3v) is 4.54. The second-order valence-corrected chi connectivity index (χ2v) is 7.07. The van der Waals surface area contributed by atoms with Gasteiger partial charge in [-0.3, -0.25) is 0 Å². The molecule has 1 aromatic carbocycles. The lowest BCUT2D eigenvalue weighted by atomic mass is 10.4. The van der Waals surface area contributed by atoms with Crippen LogP contribution < -0.4 is 5.32 Å². The van der Waals surface area contributed by atoms with E-state index in [0.717, 1.165) is 16.3 Å². The van der Waals surface area contributed by atoms with Crippen LogP contribution in [0.15, 0.2) is 57.3 Å². The van der Waals surface area contributed by atoms with E-state index in [1.807, 2.05) is 12.3 Å². The van der Waals surface area contributed by atoms with Gasteiger partial charge in [-0.25, -0.2) is 8.42 Å². The van der Waals surface area contributed by atoms with Crippen molar-refractivity contribution in [2.24, 2.45) is 0 Å². The summed E-state index contributed by atoms with van der Waals surface area (Å²) in [5.74, 6) is 0. The largest absolute Gasteiger partial charge is 0.387 e. The molecule has 1 heterocycles. The minimum Gasteiger partial charge on any atom is -0.387 e. The number of dihydropyridines is 1. The summed E-state index contributed by atoms with van der Waals surface area (Å²) < 4.78 is 22.1. The Labute approximate surface area is 109 Å². The number of rotatable bonds is 3. The summed E-state index contributed by atoms with van der Waals surface area (Å²) in [6.07, 6.45) is 5.93. The maximum atomic E-state index is 11.1. The molecule has 0 unspecified atom stereocenters. The molecule has 17 heavy (non-hydrogen) atoms. The molecule has 0 atom stereocenters. The lowest BCUT2D eigenvalue weighted by Crippen LogP contribution is -2.07. The summed E-state index contributed by atoms with van der Waals surface area (Å²) >= 11 is 1.58. The molecule has 0 amide bonds. The molecule has 1 N–H and O–H groups in total. The Morgan fingerprint density at radius 2 is 1.94 bits per heavy atom. The normalized spacial score (nSPS) is 15.2. The summed E-state index contributed by atoms with van der Waals surface area (Å²) in [7, 11) is 1.61. The van der Waals surface area contributed by atoms with E-state index in [1.165, 1.54) is 12.1 Å². The van der Waals surface area contributed by atoms with Gasteiger partial charge >= 0.3 is 0 Å². The molecule has 0 fully saturated rings. The van der Waals surface area contributed by atoms with Crippen LogP contribution in [0, 0.1) is 0 Å². The van der Waals surface area contributed by atoms with Crippen molar-refractivity contribution in [2.45, 2.75) is 9.79 Å². The fourth-order valence-corrected chi connectivity index (χ4v) is 2.94. The SMILES string of the molecule is O=S(=O)(Cl)c1ccc(SC2=CCNC=C2)cc1. The average molecular weight is 288 g/mol. The molecule has 0 bridgehead atoms. The summed E-state index contributed by atoms with van der Waals surface area (Å²) in [4.78, 5) is 2.23. The standard InChI is InChI=1S/C11H10ClNO2S2/c12-17(14,15)11-3-1-9(2-4-11)16-10-5-7-13-8-6-10/h1-7,13H,8H2. The molecule has 0 aromatic heterocycles. The second kappa shape index (κ2) is 5.16. The van der Waals surface area contributed by atoms with Crippen molar-refractivity contribution in [2.75, 3.05) is 6.54 Å². The van der Waals surface area contributed by atoms with E-state index in [9.17, 15) is 8.42 Å². The van der Waals surface area contributed by atoms with E-state index in [4.69, 9.17) is 10.7 Å². The highest BCUT2D eigenvalue weighted by Crippen LogP contribution is 2.29. The molecule has 0 radical (unpaired) electrons. The highest BCUT2D eigenvalue weighted by Gasteiger charge is 2.09. The second-order valence-electron chi connectivity index (χ2n) is 3.36. The van der Waals surface area contributed by atoms with Crippen molar-refractivity contribution >= 4 is 31.5 Å². The van der Waals surface area contributed by atoms with E-state index in [1.54, 1.807) is 23.9 Å². The Kier molecular flexibility index (Phi) is 3.81. The van der Waals surface area contributed by atoms with Crippen LogP contribution in [0.25, 0.3) is 0 Å². The molecule has 3 nitrogen and oxygen atoms in total. The summed E-state index contributed by atoms with van der Waals surface area (Å²) in [5.41, 5.74) is 0. The van der Waals surface area contributed by atoms with Gasteiger partial charge in [0.05, 0.1) is 4.90 Å². The molecule has 1 aromatic rings. The van der Waals surface area contributed by atoms with E-state index in [2.05, 4.69) is 11.4 Å². The smallest absolute Gasteiger partial charge is 0.261 e. The first-order valence-electron chi connectivity index (χ1n) is 4.88. The number of nitrogens with one attached hydrogen (secondary N) is 1. The molecule has 0 saturated carbocycles. The minimum atomic E-state index is -3.63. The van der Waals surface area contributed by atoms with Gasteiger partial charge in [-0.05, 0) is 36.5 Å². The number of allylic oxidation sites excluding steroid dienone is 1. The monoisotopic (exact) mass is 287 g/mol. The zero-order chi connectivity index (χ0) is 12.3. The Hall–Kier alpha value is -0.910. The van der Waals surface area contributed by atoms with Crippen LogP contribution in [0.4, 0.5) is 0 Å². The van der Waals surface area contributed by atoms with Crippen molar-refractivity contribution in [1.82, 2.24) is 5.32 Å². The van der Waals surface area contributed by atoms with Gasteiger partial charge in [-0.1, -0.05) is 17.8 Å². The van der Waals surface area contributed by atoms with Gasteiger partial charge in [0.2, 0.25) is 0 Å². The summed E-state index contributed by atoms with van der Waals surface area (Å²) in [5, 5.41) is 3.06. The minimum absolute atomic E-state index is 0.123. The van der Waals surface area contributed by atoms with Crippen molar-refractivity contribution < 1.29 is 8.42 Å². The highest BCUT2D eigenvalue weighted by molar-refractivity contribution is 8.13. The molecule has 0 spiro atoms. The highest BCUT2D eigenvalue weighted by atomic mass is 35.7. The van der Waals surface area contributed by atoms with Crippen LogP contribution in [0.5, 0.6) is 0 Å². The molecule has 1 aliphatic rings. The van der Waals surface area contributed by atoms with Crippen molar-refractivity contribution in [1.29, 1.82) is 0 Å². The van der Waals surface area contributed by atoms with Crippen LogP contribution in [0.1, 0.15) is 0 Å². The first-order valence-corrected chi connectivity index (χ1v) is 8.01. The topological polar surface area (TPSA) is 46.2 Å². The predicted molar refractivity (Wildman–Crippen MR) is 70.6 cm³/mol. The Morgan fingerprint density at radius 3 is 2.47 bits per heavy atom. The first kappa shape index (κ1) is 12.5. The Morgan fingerprint density at radius 1 is 1.24 bits per heavy atom. The van der Waals surface area contributed by atoms with E-state index >= 15 is 0 Å². The van der Waals surface area contributed by atoms with Gasteiger partial charge in [0.25, 0.3) is 9.05 Å². The van der Waals surface area contributed by atoms with Crippen LogP contribution in [0.2, 0.25) is 0 Å². The van der Waals surface area contributed by atoms with Crippen LogP contribution in [0.3, 0.4) is 0 Å². The fourth-order valence-electron chi connectivity index (χ4n) is 1.32. The van der Waals surface area contributed by atoms with Gasteiger partial charge < -0.3 is 5.32 Å². The van der Waals surface area contributed by atoms with Crippen molar-refractivity contribution in [3.05, 3.63) is 47.5 Å². The zero-order valence-electron chi connectivity index (χ0n) is 8.76. The van der Waals surface area contributed by atoms with Crippen LogP contribution >= 0.6 is 22.4 Å². The third-order valence-electron chi connectivity index (χ3n) is 2.13. The molecule has 2 rings (SSSR count). The fraction of sp³-hybridized carbons (Fsp3) is 0.0909. The molecule has 90 valence electrons. The Balaban J connectivity index is 2.14. The Bertz CT molecular complexity index is 562. The maximum absolute atomic E-state index is 11.1. The summed E-state index contributed by atoms with van der Waals surface area (Å²) in [6, 6.07) is 6.51.